The van der Waals surface area contributed by atoms with Crippen LogP contribution in [0.3, 0.4) is 0 Å². The molecule has 2 rings (SSSR count). The zero-order valence-corrected chi connectivity index (χ0v) is 9.73. The number of piperidine rings is 1. The Morgan fingerprint density at radius 1 is 1.31 bits per heavy atom. The topological polar surface area (TPSA) is 69.7 Å². The second-order valence-electron chi connectivity index (χ2n) is 5.52. The molecule has 0 spiro atoms. The fourth-order valence-corrected chi connectivity index (χ4v) is 2.24. The summed E-state index contributed by atoms with van der Waals surface area (Å²) in [6, 6.07) is -0.753. The first-order chi connectivity index (χ1) is 7.29. The predicted octanol–water partition coefficient (Wildman–Crippen LogP) is 0.134. The van der Waals surface area contributed by atoms with Crippen molar-refractivity contribution in [2.24, 2.45) is 5.92 Å². The summed E-state index contributed by atoms with van der Waals surface area (Å²) >= 11 is 0. The van der Waals surface area contributed by atoms with Crippen LogP contribution >= 0.6 is 0 Å². The van der Waals surface area contributed by atoms with Crippen molar-refractivity contribution in [3.63, 3.8) is 0 Å². The van der Waals surface area contributed by atoms with Gasteiger partial charge in [0, 0.05) is 6.04 Å². The number of likely N-dealkylation sites (tertiary alicyclic amines) is 1. The van der Waals surface area contributed by atoms with Crippen LogP contribution in [0.15, 0.2) is 0 Å². The molecular formula is C11H16NO4-. The van der Waals surface area contributed by atoms with Gasteiger partial charge in [0.15, 0.2) is 0 Å². The highest BCUT2D eigenvalue weighted by Gasteiger charge is 2.55. The molecule has 16 heavy (non-hydrogen) atoms. The van der Waals surface area contributed by atoms with Crippen LogP contribution in [0.5, 0.6) is 0 Å². The molecule has 0 aromatic rings. The van der Waals surface area contributed by atoms with Crippen molar-refractivity contribution in [3.8, 4) is 0 Å². The average molecular weight is 226 g/mol. The molecule has 0 N–H and O–H groups in total. The van der Waals surface area contributed by atoms with Gasteiger partial charge in [-0.3, -0.25) is 4.90 Å². The summed E-state index contributed by atoms with van der Waals surface area (Å²) in [5.41, 5.74) is -0.597. The highest BCUT2D eigenvalue weighted by molar-refractivity contribution is 5.80. The molecule has 0 radical (unpaired) electrons. The number of carboxylic acids is 1. The first-order valence-electron chi connectivity index (χ1n) is 5.52. The third-order valence-corrected chi connectivity index (χ3v) is 2.98. The zero-order valence-electron chi connectivity index (χ0n) is 9.73. The van der Waals surface area contributed by atoms with Crippen LogP contribution in [0.25, 0.3) is 0 Å². The fraction of sp³-hybridized carbons (Fsp3) is 0.818. The molecule has 3 atom stereocenters. The van der Waals surface area contributed by atoms with Crippen molar-refractivity contribution in [1.29, 1.82) is 0 Å². The minimum absolute atomic E-state index is 0.0535. The van der Waals surface area contributed by atoms with Crippen LogP contribution in [0.2, 0.25) is 0 Å². The first kappa shape index (κ1) is 11.2. The number of rotatable bonds is 1. The van der Waals surface area contributed by atoms with Crippen molar-refractivity contribution in [1.82, 2.24) is 4.90 Å². The monoisotopic (exact) mass is 226 g/mol. The highest BCUT2D eigenvalue weighted by Crippen LogP contribution is 2.48. The van der Waals surface area contributed by atoms with Crippen LogP contribution < -0.4 is 5.11 Å². The lowest BCUT2D eigenvalue weighted by molar-refractivity contribution is -0.310. The summed E-state index contributed by atoms with van der Waals surface area (Å²) < 4.78 is 5.20. The second kappa shape index (κ2) is 3.37. The number of carbonyl (C=O) groups excluding carboxylic acids is 2. The van der Waals surface area contributed by atoms with Crippen LogP contribution in [-0.4, -0.2) is 34.6 Å². The van der Waals surface area contributed by atoms with Gasteiger partial charge in [-0.15, -0.1) is 0 Å². The lowest BCUT2D eigenvalue weighted by atomic mass is 10.2. The molecule has 1 aliphatic heterocycles. The van der Waals surface area contributed by atoms with Crippen LogP contribution in [0.4, 0.5) is 4.79 Å². The van der Waals surface area contributed by atoms with Crippen molar-refractivity contribution < 1.29 is 19.4 Å². The third-order valence-electron chi connectivity index (χ3n) is 2.98. The number of hydrogen-bond donors (Lipinski definition) is 0. The molecule has 0 aromatic heterocycles. The highest BCUT2D eigenvalue weighted by atomic mass is 16.6. The minimum Gasteiger partial charge on any atom is -0.548 e. The Kier molecular flexibility index (Phi) is 2.36. The van der Waals surface area contributed by atoms with Gasteiger partial charge < -0.3 is 14.6 Å². The van der Waals surface area contributed by atoms with Crippen LogP contribution in [0, 0.1) is 5.92 Å². The Bertz CT molecular complexity index is 333. The third kappa shape index (κ3) is 1.99. The van der Waals surface area contributed by atoms with Crippen LogP contribution in [-0.2, 0) is 9.53 Å². The molecule has 1 heterocycles. The van der Waals surface area contributed by atoms with E-state index in [0.717, 1.165) is 6.42 Å². The maximum Gasteiger partial charge on any atom is 0.411 e. The summed E-state index contributed by atoms with van der Waals surface area (Å²) in [7, 11) is 0. The molecule has 1 saturated heterocycles. The standard InChI is InChI=1S/C11H17NO4/c1-11(2,3)16-10(15)12-7-4-6(7)5-8(12)9(13)14/h6-8H,4-5H2,1-3H3,(H,13,14)/p-1/t6-,7-,8+/m1/s1. The van der Waals surface area contributed by atoms with Gasteiger partial charge in [0.1, 0.15) is 5.60 Å². The molecule has 1 aliphatic carbocycles. The van der Waals surface area contributed by atoms with Gasteiger partial charge in [-0.1, -0.05) is 0 Å². The minimum atomic E-state index is -1.18. The maximum absolute atomic E-state index is 11.8. The lowest BCUT2D eigenvalue weighted by Crippen LogP contribution is -2.50. The molecule has 0 bridgehead atoms. The van der Waals surface area contributed by atoms with Crippen molar-refractivity contribution >= 4 is 12.1 Å². The van der Waals surface area contributed by atoms with E-state index in [4.69, 9.17) is 4.74 Å². The molecule has 5 nitrogen and oxygen atoms in total. The Labute approximate surface area is 94.4 Å². The molecule has 1 saturated carbocycles. The predicted molar refractivity (Wildman–Crippen MR) is 53.4 cm³/mol. The van der Waals surface area contributed by atoms with E-state index in [1.54, 1.807) is 20.8 Å². The molecular weight excluding hydrogens is 210 g/mol. The van der Waals surface area contributed by atoms with E-state index in [0.29, 0.717) is 12.3 Å². The largest absolute Gasteiger partial charge is 0.548 e. The van der Waals surface area contributed by atoms with E-state index in [-0.39, 0.29) is 6.04 Å². The van der Waals surface area contributed by atoms with Gasteiger partial charge in [0.2, 0.25) is 0 Å². The van der Waals surface area contributed by atoms with E-state index in [1.807, 2.05) is 0 Å². The van der Waals surface area contributed by atoms with E-state index in [9.17, 15) is 14.7 Å². The van der Waals surface area contributed by atoms with E-state index >= 15 is 0 Å². The molecule has 2 fully saturated rings. The van der Waals surface area contributed by atoms with E-state index in [1.165, 1.54) is 4.90 Å². The molecule has 1 amide bonds. The van der Waals surface area contributed by atoms with Crippen molar-refractivity contribution in [2.75, 3.05) is 0 Å². The fourth-order valence-electron chi connectivity index (χ4n) is 2.24. The second-order valence-corrected chi connectivity index (χ2v) is 5.52. The number of fused-ring (bicyclic) bond motifs is 1. The number of ether oxygens (including phenoxy) is 1. The summed E-state index contributed by atoms with van der Waals surface area (Å²) in [4.78, 5) is 24.1. The number of carboxylic acid groups (broad SMARTS) is 1. The van der Waals surface area contributed by atoms with Gasteiger partial charge in [-0.2, -0.15) is 0 Å². The van der Waals surface area contributed by atoms with E-state index < -0.39 is 23.7 Å². The van der Waals surface area contributed by atoms with E-state index in [2.05, 4.69) is 0 Å². The summed E-state index contributed by atoms with van der Waals surface area (Å²) in [6.45, 7) is 5.29. The number of carbonyl (C=O) groups is 2. The summed E-state index contributed by atoms with van der Waals surface area (Å²) in [5.74, 6) is -0.853. The van der Waals surface area contributed by atoms with Gasteiger partial charge >= 0.3 is 6.09 Å². The van der Waals surface area contributed by atoms with Gasteiger partial charge in [-0.05, 0) is 39.5 Å². The molecule has 0 aromatic carbocycles. The number of hydrogen-bond acceptors (Lipinski definition) is 4. The van der Waals surface area contributed by atoms with Crippen LogP contribution in [0.1, 0.15) is 33.6 Å². The SMILES string of the molecule is CC(C)(C)OC(=O)N1[C@@H]2C[C@@H]2C[C@H]1C(=O)[O-]. The molecule has 0 unspecified atom stereocenters. The maximum atomic E-state index is 11.8. The first-order valence-corrected chi connectivity index (χ1v) is 5.52. The molecule has 2 aliphatic rings. The summed E-state index contributed by atoms with van der Waals surface area (Å²) in [6.07, 6.45) is 0.863. The van der Waals surface area contributed by atoms with Gasteiger partial charge in [0.05, 0.1) is 12.0 Å². The Morgan fingerprint density at radius 3 is 2.44 bits per heavy atom. The summed E-state index contributed by atoms with van der Waals surface area (Å²) in [5, 5.41) is 10.9. The van der Waals surface area contributed by atoms with Gasteiger partial charge in [-0.25, -0.2) is 4.79 Å². The number of amides is 1. The Hall–Kier alpha value is -1.26. The number of aliphatic carboxylic acids is 1. The zero-order chi connectivity index (χ0) is 12.1. The van der Waals surface area contributed by atoms with Gasteiger partial charge in [0.25, 0.3) is 0 Å². The molecule has 90 valence electrons. The lowest BCUT2D eigenvalue weighted by Gasteiger charge is -2.30. The quantitative estimate of drug-likeness (QED) is 0.637. The van der Waals surface area contributed by atoms with Crippen molar-refractivity contribution in [3.05, 3.63) is 0 Å². The van der Waals surface area contributed by atoms with Crippen molar-refractivity contribution in [2.45, 2.75) is 51.3 Å². The number of nitrogens with zero attached hydrogens (tertiary/aromatic N) is 1. The smallest absolute Gasteiger partial charge is 0.411 e. The Morgan fingerprint density at radius 2 is 1.94 bits per heavy atom. The normalized spacial score (nSPS) is 32.2. The average Bonchev–Trinajstić information content (AvgIpc) is 2.73. The molecule has 5 heteroatoms. The Balaban J connectivity index is 2.07.